The normalized spacial score (nSPS) is 36.9. The van der Waals surface area contributed by atoms with Gasteiger partial charge in [-0.3, -0.25) is 0 Å². The molecule has 0 aliphatic carbocycles. The average molecular weight is 787 g/mol. The summed E-state index contributed by atoms with van der Waals surface area (Å²) in [6, 6.07) is 7.74. The third-order valence-corrected chi connectivity index (χ3v) is 9.37. The first-order chi connectivity index (χ1) is 26.1. The van der Waals surface area contributed by atoms with E-state index in [1.165, 1.54) is 43.3 Å². The lowest BCUT2D eigenvalue weighted by Crippen LogP contribution is -2.65. The van der Waals surface area contributed by atoms with Crippen molar-refractivity contribution in [2.24, 2.45) is 0 Å². The number of phenols is 4. The molecule has 5 rings (SSSR count). The number of hydrogen-bond donors (Lipinski definition) is 12. The molecule has 0 aromatic heterocycles. The van der Waals surface area contributed by atoms with E-state index in [1.807, 2.05) is 0 Å². The first kappa shape index (κ1) is 42.4. The van der Waals surface area contributed by atoms with Crippen LogP contribution in [0.3, 0.4) is 0 Å². The third kappa shape index (κ3) is 10.0. The summed E-state index contributed by atoms with van der Waals surface area (Å²) >= 11 is 0. The number of benzene rings is 2. The summed E-state index contributed by atoms with van der Waals surface area (Å²) in [6.07, 6.45) is -22.4. The maximum atomic E-state index is 13.3. The van der Waals surface area contributed by atoms with Crippen molar-refractivity contribution < 1.29 is 99.2 Å². The Morgan fingerprint density at radius 2 is 1.31 bits per heavy atom. The minimum atomic E-state index is -1.87. The fourth-order valence-corrected chi connectivity index (χ4v) is 6.12. The first-order valence-electron chi connectivity index (χ1n) is 17.2. The minimum Gasteiger partial charge on any atom is -0.504 e. The molecule has 3 heterocycles. The van der Waals surface area contributed by atoms with Gasteiger partial charge in [-0.1, -0.05) is 12.1 Å². The molecule has 0 radical (unpaired) electrons. The molecule has 306 valence electrons. The number of aromatic hydroxyl groups is 4. The molecule has 0 amide bonds. The number of carbonyl (C=O) groups excluding carboxylic acids is 1. The second-order valence-corrected chi connectivity index (χ2v) is 13.3. The van der Waals surface area contributed by atoms with Crippen molar-refractivity contribution in [1.29, 1.82) is 0 Å². The van der Waals surface area contributed by atoms with Crippen LogP contribution in [0.15, 0.2) is 42.5 Å². The zero-order valence-electron chi connectivity index (χ0n) is 29.2. The number of aliphatic hydroxyl groups is 8. The maximum Gasteiger partial charge on any atom is 0.331 e. The summed E-state index contributed by atoms with van der Waals surface area (Å²) in [4.78, 5) is 13.3. The van der Waals surface area contributed by atoms with Crippen molar-refractivity contribution in [3.05, 3.63) is 53.6 Å². The highest BCUT2D eigenvalue weighted by molar-refractivity contribution is 5.87. The number of phenolic OH excluding ortho intramolecular Hbond substituents is 4. The summed E-state index contributed by atoms with van der Waals surface area (Å²) in [7, 11) is 0. The van der Waals surface area contributed by atoms with Gasteiger partial charge in [0.15, 0.2) is 54.1 Å². The van der Waals surface area contributed by atoms with Gasteiger partial charge >= 0.3 is 5.97 Å². The topological polar surface area (TPSA) is 324 Å². The van der Waals surface area contributed by atoms with E-state index in [2.05, 4.69) is 0 Å². The van der Waals surface area contributed by atoms with Gasteiger partial charge in [0.2, 0.25) is 0 Å². The SMILES string of the molecule is C[C@@H]1O[C@@H](O[C@H]2[C@H](OCCc3ccc(O)c(O)c3)O[C@H](CO[C@@H]3O[C@H](CO)[C@@H](O)[C@H](O)[C@H]3O)[C@@H](O)[C@H]2OC(=O)/C=C/c2ccc(O)c(O)c2)[C@H](O)[C@H](O)[C@H]1O. The minimum absolute atomic E-state index is 0.0895. The predicted octanol–water partition coefficient (Wildman–Crippen LogP) is -3.19. The molecule has 20 nitrogen and oxygen atoms in total. The fraction of sp³-hybridized carbons (Fsp3) is 0.571. The van der Waals surface area contributed by atoms with Gasteiger partial charge in [-0.25, -0.2) is 4.79 Å². The molecule has 0 bridgehead atoms. The number of carbonyl (C=O) groups is 1. The van der Waals surface area contributed by atoms with Crippen LogP contribution in [0, 0.1) is 0 Å². The van der Waals surface area contributed by atoms with Gasteiger partial charge in [0, 0.05) is 6.08 Å². The van der Waals surface area contributed by atoms with Crippen LogP contribution in [-0.4, -0.2) is 179 Å². The molecular weight excluding hydrogens is 740 g/mol. The largest absolute Gasteiger partial charge is 0.504 e. The Hall–Kier alpha value is -3.71. The van der Waals surface area contributed by atoms with Crippen molar-refractivity contribution in [2.75, 3.05) is 19.8 Å². The highest BCUT2D eigenvalue weighted by Gasteiger charge is 2.53. The van der Waals surface area contributed by atoms with Gasteiger partial charge in [0.05, 0.1) is 25.9 Å². The van der Waals surface area contributed by atoms with Crippen LogP contribution in [0.25, 0.3) is 6.08 Å². The standard InChI is InChI=1S/C35H46O20/c1-14-24(42)27(45)30(48)34(51-14)55-32-31(54-23(41)7-4-15-2-5-17(37)19(39)10-15)26(44)22(13-50-33-29(47)28(46)25(43)21(12-36)52-33)53-35(32)49-9-8-16-3-6-18(38)20(40)11-16/h2-7,10-11,14,21-22,24-40,42-48H,8-9,12-13H2,1H3/b7-4+/t14-,21+,22+,24-,25+,26+,27+,28-,29+,30+,31+,32+,33+,34-,35+/m0/s1. The van der Waals surface area contributed by atoms with Crippen LogP contribution in [0.2, 0.25) is 0 Å². The number of rotatable bonds is 13. The van der Waals surface area contributed by atoms with Crippen LogP contribution in [0.1, 0.15) is 18.1 Å². The van der Waals surface area contributed by atoms with E-state index in [4.69, 9.17) is 33.2 Å². The molecule has 20 heteroatoms. The predicted molar refractivity (Wildman–Crippen MR) is 180 cm³/mol. The number of hydrogen-bond acceptors (Lipinski definition) is 20. The summed E-state index contributed by atoms with van der Waals surface area (Å²) in [5.74, 6) is -2.73. The maximum absolute atomic E-state index is 13.3. The Kier molecular flexibility index (Phi) is 14.3. The molecule has 3 aliphatic heterocycles. The molecule has 2 aromatic rings. The van der Waals surface area contributed by atoms with Crippen LogP contribution in [0.4, 0.5) is 0 Å². The molecule has 2 aromatic carbocycles. The van der Waals surface area contributed by atoms with Crippen molar-refractivity contribution >= 4 is 12.0 Å². The van der Waals surface area contributed by atoms with Crippen LogP contribution >= 0.6 is 0 Å². The van der Waals surface area contributed by atoms with E-state index in [-0.39, 0.29) is 24.3 Å². The van der Waals surface area contributed by atoms with Crippen molar-refractivity contribution in [3.8, 4) is 23.0 Å². The Bertz CT molecular complexity index is 1610. The summed E-state index contributed by atoms with van der Waals surface area (Å²) in [6.45, 7) is -0.236. The Labute approximate surface area is 313 Å². The first-order valence-corrected chi connectivity index (χ1v) is 17.2. The Morgan fingerprint density at radius 1 is 0.673 bits per heavy atom. The smallest absolute Gasteiger partial charge is 0.331 e. The number of ether oxygens (including phenoxy) is 7. The molecule has 12 N–H and O–H groups in total. The second-order valence-electron chi connectivity index (χ2n) is 13.3. The lowest BCUT2D eigenvalue weighted by molar-refractivity contribution is -0.370. The van der Waals surface area contributed by atoms with Gasteiger partial charge in [-0.05, 0) is 54.8 Å². The van der Waals surface area contributed by atoms with Crippen molar-refractivity contribution in [1.82, 2.24) is 0 Å². The molecule has 3 saturated heterocycles. The van der Waals surface area contributed by atoms with Crippen molar-refractivity contribution in [2.45, 2.75) is 105 Å². The highest BCUT2D eigenvalue weighted by Crippen LogP contribution is 2.33. The van der Waals surface area contributed by atoms with Gasteiger partial charge < -0.3 is 94.4 Å². The Morgan fingerprint density at radius 3 is 1.98 bits per heavy atom. The monoisotopic (exact) mass is 786 g/mol. The summed E-state index contributed by atoms with van der Waals surface area (Å²) < 4.78 is 40.2. The van der Waals surface area contributed by atoms with Crippen LogP contribution in [0.5, 0.6) is 23.0 Å². The number of aliphatic hydroxyl groups excluding tert-OH is 8. The molecule has 3 fully saturated rings. The van der Waals surface area contributed by atoms with E-state index in [0.717, 1.165) is 12.1 Å². The Balaban J connectivity index is 1.43. The van der Waals surface area contributed by atoms with Gasteiger partial charge in [-0.2, -0.15) is 0 Å². The molecule has 55 heavy (non-hydrogen) atoms. The lowest BCUT2D eigenvalue weighted by atomic mass is 9.97. The molecule has 15 atom stereocenters. The summed E-state index contributed by atoms with van der Waals surface area (Å²) in [5.41, 5.74) is 0.761. The molecule has 0 unspecified atom stereocenters. The molecular formula is C35H46O20. The highest BCUT2D eigenvalue weighted by atomic mass is 16.8. The summed E-state index contributed by atoms with van der Waals surface area (Å²) in [5, 5.41) is 123. The van der Waals surface area contributed by atoms with Crippen LogP contribution in [-0.2, 0) is 44.4 Å². The van der Waals surface area contributed by atoms with Crippen LogP contribution < -0.4 is 0 Å². The zero-order valence-corrected chi connectivity index (χ0v) is 29.2. The van der Waals surface area contributed by atoms with Gasteiger partial charge in [0.25, 0.3) is 0 Å². The third-order valence-electron chi connectivity index (χ3n) is 9.37. The van der Waals surface area contributed by atoms with E-state index >= 15 is 0 Å². The van der Waals surface area contributed by atoms with E-state index in [1.54, 1.807) is 0 Å². The lowest BCUT2D eigenvalue weighted by Gasteiger charge is -2.47. The van der Waals surface area contributed by atoms with Crippen molar-refractivity contribution in [3.63, 3.8) is 0 Å². The molecule has 0 spiro atoms. The quantitative estimate of drug-likeness (QED) is 0.0541. The van der Waals surface area contributed by atoms with Gasteiger partial charge in [0.1, 0.15) is 54.9 Å². The molecule has 0 saturated carbocycles. The number of esters is 1. The fourth-order valence-electron chi connectivity index (χ4n) is 6.12. The van der Waals surface area contributed by atoms with E-state index < -0.39 is 129 Å². The van der Waals surface area contributed by atoms with E-state index in [0.29, 0.717) is 5.56 Å². The second kappa shape index (κ2) is 18.5. The van der Waals surface area contributed by atoms with Gasteiger partial charge in [-0.15, -0.1) is 0 Å². The molecule has 3 aliphatic rings. The average Bonchev–Trinajstić information content (AvgIpc) is 3.16. The zero-order chi connectivity index (χ0) is 40.1. The van der Waals surface area contributed by atoms with E-state index in [9.17, 15) is 66.1 Å².